The summed E-state index contributed by atoms with van der Waals surface area (Å²) in [5.74, 6) is 6.64. The Morgan fingerprint density at radius 1 is 1.32 bits per heavy atom. The molecule has 0 saturated heterocycles. The number of hydrogen-bond donors (Lipinski definition) is 2. The zero-order chi connectivity index (χ0) is 14.6. The number of rotatable bonds is 6. The van der Waals surface area contributed by atoms with Gasteiger partial charge in [-0.3, -0.25) is 5.84 Å². The van der Waals surface area contributed by atoms with Crippen molar-refractivity contribution >= 4 is 0 Å². The van der Waals surface area contributed by atoms with Gasteiger partial charge in [0, 0.05) is 12.7 Å². The Morgan fingerprint density at radius 2 is 1.95 bits per heavy atom. The first-order valence-electron chi connectivity index (χ1n) is 6.60. The van der Waals surface area contributed by atoms with Crippen molar-refractivity contribution in [2.75, 3.05) is 14.2 Å². The van der Waals surface area contributed by atoms with Gasteiger partial charge in [-0.1, -0.05) is 19.1 Å². The summed E-state index contributed by atoms with van der Waals surface area (Å²) in [5, 5.41) is 0. The normalized spacial score (nSPS) is 15.9. The lowest BCUT2D eigenvalue weighted by Crippen LogP contribution is -2.45. The predicted molar refractivity (Wildman–Crippen MR) is 78.2 cm³/mol. The molecule has 2 unspecified atom stereocenters. The third kappa shape index (κ3) is 2.91. The molecule has 2 atom stereocenters. The number of hydrogen-bond acceptors (Lipinski definition) is 4. The second-order valence-electron chi connectivity index (χ2n) is 5.10. The third-order valence-electron chi connectivity index (χ3n) is 4.17. The van der Waals surface area contributed by atoms with Crippen molar-refractivity contribution in [3.8, 4) is 5.75 Å². The average Bonchev–Trinajstić information content (AvgIpc) is 2.43. The van der Waals surface area contributed by atoms with Gasteiger partial charge in [0.25, 0.3) is 0 Å². The number of hydrazine groups is 1. The van der Waals surface area contributed by atoms with Crippen molar-refractivity contribution < 1.29 is 9.47 Å². The van der Waals surface area contributed by atoms with Crippen LogP contribution in [-0.2, 0) is 4.74 Å². The van der Waals surface area contributed by atoms with Gasteiger partial charge in [-0.2, -0.15) is 0 Å². The van der Waals surface area contributed by atoms with E-state index in [1.165, 1.54) is 5.56 Å². The van der Waals surface area contributed by atoms with Crippen LogP contribution in [-0.4, -0.2) is 19.8 Å². The first kappa shape index (κ1) is 16.0. The first-order chi connectivity index (χ1) is 8.95. The van der Waals surface area contributed by atoms with E-state index in [2.05, 4.69) is 38.3 Å². The summed E-state index contributed by atoms with van der Waals surface area (Å²) in [7, 11) is 3.40. The summed E-state index contributed by atoms with van der Waals surface area (Å²) in [6, 6.07) is 4.01. The fraction of sp³-hybridized carbons (Fsp3) is 0.600. The van der Waals surface area contributed by atoms with Crippen LogP contribution in [0.5, 0.6) is 5.75 Å². The van der Waals surface area contributed by atoms with E-state index < -0.39 is 0 Å². The highest BCUT2D eigenvalue weighted by Gasteiger charge is 2.35. The molecule has 19 heavy (non-hydrogen) atoms. The quantitative estimate of drug-likeness (QED) is 0.614. The molecule has 1 rings (SSSR count). The van der Waals surface area contributed by atoms with Crippen molar-refractivity contribution in [2.45, 2.75) is 45.8 Å². The summed E-state index contributed by atoms with van der Waals surface area (Å²) in [6.45, 7) is 8.26. The molecule has 4 nitrogen and oxygen atoms in total. The van der Waals surface area contributed by atoms with Crippen molar-refractivity contribution in [3.05, 3.63) is 28.8 Å². The number of ether oxygens (including phenoxy) is 2. The molecule has 3 N–H and O–H groups in total. The minimum absolute atomic E-state index is 0.128. The molecule has 108 valence electrons. The van der Waals surface area contributed by atoms with Gasteiger partial charge in [0.1, 0.15) is 5.75 Å². The summed E-state index contributed by atoms with van der Waals surface area (Å²) >= 11 is 0. The fourth-order valence-electron chi connectivity index (χ4n) is 2.37. The zero-order valence-electron chi connectivity index (χ0n) is 12.8. The molecule has 0 radical (unpaired) electrons. The van der Waals surface area contributed by atoms with Gasteiger partial charge < -0.3 is 9.47 Å². The number of methoxy groups -OCH3 is 2. The largest absolute Gasteiger partial charge is 0.496 e. The Morgan fingerprint density at radius 3 is 2.37 bits per heavy atom. The van der Waals surface area contributed by atoms with E-state index in [1.54, 1.807) is 14.2 Å². The first-order valence-corrected chi connectivity index (χ1v) is 6.60. The van der Waals surface area contributed by atoms with E-state index in [4.69, 9.17) is 15.3 Å². The van der Waals surface area contributed by atoms with Crippen LogP contribution >= 0.6 is 0 Å². The van der Waals surface area contributed by atoms with Gasteiger partial charge in [-0.15, -0.1) is 0 Å². The summed E-state index contributed by atoms with van der Waals surface area (Å²) in [5.41, 5.74) is 5.85. The molecule has 0 amide bonds. The topological polar surface area (TPSA) is 56.5 Å². The van der Waals surface area contributed by atoms with E-state index in [0.717, 1.165) is 23.3 Å². The molecule has 0 heterocycles. The lowest BCUT2D eigenvalue weighted by molar-refractivity contribution is -0.0305. The molecule has 1 aromatic carbocycles. The minimum Gasteiger partial charge on any atom is -0.496 e. The lowest BCUT2D eigenvalue weighted by atomic mass is 9.86. The monoisotopic (exact) mass is 266 g/mol. The van der Waals surface area contributed by atoms with Crippen LogP contribution in [0.3, 0.4) is 0 Å². The van der Waals surface area contributed by atoms with E-state index in [9.17, 15) is 0 Å². The molecule has 0 fully saturated rings. The van der Waals surface area contributed by atoms with Crippen molar-refractivity contribution in [1.82, 2.24) is 5.43 Å². The molecular formula is C15H26N2O2. The van der Waals surface area contributed by atoms with Crippen molar-refractivity contribution in [2.24, 2.45) is 5.84 Å². The van der Waals surface area contributed by atoms with Gasteiger partial charge in [0.15, 0.2) is 0 Å². The van der Waals surface area contributed by atoms with Crippen LogP contribution in [0.4, 0.5) is 0 Å². The Hall–Kier alpha value is -1.10. The lowest BCUT2D eigenvalue weighted by Gasteiger charge is -2.36. The maximum absolute atomic E-state index is 5.77. The van der Waals surface area contributed by atoms with Crippen LogP contribution < -0.4 is 16.0 Å². The summed E-state index contributed by atoms with van der Waals surface area (Å²) in [6.07, 6.45) is 0.842. The maximum Gasteiger partial charge on any atom is 0.126 e. The maximum atomic E-state index is 5.77. The number of benzene rings is 1. The van der Waals surface area contributed by atoms with Crippen LogP contribution in [0.2, 0.25) is 0 Å². The highest BCUT2D eigenvalue weighted by atomic mass is 16.5. The summed E-state index contributed by atoms with van der Waals surface area (Å²) < 4.78 is 11.2. The molecule has 0 saturated carbocycles. The molecule has 4 heteroatoms. The standard InChI is InChI=1S/C15H26N2O2/c1-7-15(4,19-6)14(17-16)12-9-8-10(2)11(3)13(12)18-5/h8-9,14,17H,7,16H2,1-6H3. The molecule has 0 spiro atoms. The fourth-order valence-corrected chi connectivity index (χ4v) is 2.37. The summed E-state index contributed by atoms with van der Waals surface area (Å²) in [4.78, 5) is 0. The average molecular weight is 266 g/mol. The third-order valence-corrected chi connectivity index (χ3v) is 4.17. The smallest absolute Gasteiger partial charge is 0.126 e. The number of nitrogens with two attached hydrogens (primary N) is 1. The van der Waals surface area contributed by atoms with Crippen molar-refractivity contribution in [3.63, 3.8) is 0 Å². The van der Waals surface area contributed by atoms with E-state index in [-0.39, 0.29) is 11.6 Å². The van der Waals surface area contributed by atoms with Gasteiger partial charge in [0.2, 0.25) is 0 Å². The SMILES string of the molecule is CCC(C)(OC)C(NN)c1ccc(C)c(C)c1OC. The highest BCUT2D eigenvalue weighted by molar-refractivity contribution is 5.47. The molecule has 0 aliphatic carbocycles. The molecular weight excluding hydrogens is 240 g/mol. The second kappa shape index (κ2) is 6.37. The molecule has 1 aromatic rings. The van der Waals surface area contributed by atoms with E-state index in [0.29, 0.717) is 0 Å². The second-order valence-corrected chi connectivity index (χ2v) is 5.10. The minimum atomic E-state index is -0.385. The van der Waals surface area contributed by atoms with Crippen LogP contribution in [0.15, 0.2) is 12.1 Å². The van der Waals surface area contributed by atoms with Crippen molar-refractivity contribution in [1.29, 1.82) is 0 Å². The molecule has 0 aliphatic heterocycles. The Labute approximate surface area is 116 Å². The van der Waals surface area contributed by atoms with E-state index in [1.807, 2.05) is 6.92 Å². The van der Waals surface area contributed by atoms with E-state index >= 15 is 0 Å². The Bertz CT molecular complexity index is 428. The molecule has 0 aromatic heterocycles. The van der Waals surface area contributed by atoms with Gasteiger partial charge in [-0.25, -0.2) is 5.43 Å². The molecule has 0 bridgehead atoms. The van der Waals surface area contributed by atoms with Crippen LogP contribution in [0.1, 0.15) is 43.0 Å². The Balaban J connectivity index is 3.37. The van der Waals surface area contributed by atoms with Gasteiger partial charge >= 0.3 is 0 Å². The Kier molecular flexibility index (Phi) is 5.35. The zero-order valence-corrected chi connectivity index (χ0v) is 12.8. The predicted octanol–water partition coefficient (Wildman–Crippen LogP) is 2.63. The molecule has 0 aliphatic rings. The van der Waals surface area contributed by atoms with Gasteiger partial charge in [0.05, 0.1) is 18.8 Å². The van der Waals surface area contributed by atoms with Crippen LogP contribution in [0, 0.1) is 13.8 Å². The van der Waals surface area contributed by atoms with Crippen LogP contribution in [0.25, 0.3) is 0 Å². The van der Waals surface area contributed by atoms with Gasteiger partial charge in [-0.05, 0) is 38.3 Å². The highest BCUT2D eigenvalue weighted by Crippen LogP contribution is 2.38. The number of nitrogens with one attached hydrogen (secondary N) is 1. The number of aryl methyl sites for hydroxylation is 1.